The minimum Gasteiger partial charge on any atom is -0.372 e. The number of halogens is 1. The summed E-state index contributed by atoms with van der Waals surface area (Å²) in [5.41, 5.74) is 4.87. The van der Waals surface area contributed by atoms with E-state index in [1.165, 1.54) is 16.9 Å². The average Bonchev–Trinajstić information content (AvgIpc) is 2.71. The number of nitrogens with zero attached hydrogens (tertiary/aromatic N) is 3. The van der Waals surface area contributed by atoms with E-state index in [1.807, 2.05) is 29.2 Å². The molecule has 0 atom stereocenters. The molecule has 0 unspecified atom stereocenters. The Balaban J connectivity index is 1.59. The number of carbonyl (C=O) groups excluding carboxylic acids is 1. The maximum atomic E-state index is 12.6. The number of aryl methyl sites for hydroxylation is 1. The molecule has 1 aliphatic rings. The van der Waals surface area contributed by atoms with Gasteiger partial charge in [-0.05, 0) is 62.2 Å². The molecule has 1 heterocycles. The molecule has 0 N–H and O–H groups in total. The first-order valence-corrected chi connectivity index (χ1v) is 10.5. The monoisotopic (exact) mass is 399 g/mol. The summed E-state index contributed by atoms with van der Waals surface area (Å²) in [5, 5.41) is 0.701. The second kappa shape index (κ2) is 9.33. The lowest BCUT2D eigenvalue weighted by atomic mass is 10.1. The summed E-state index contributed by atoms with van der Waals surface area (Å²) in [4.78, 5) is 19.4. The van der Waals surface area contributed by atoms with Crippen LogP contribution >= 0.6 is 11.6 Å². The third-order valence-electron chi connectivity index (χ3n) is 5.55. The van der Waals surface area contributed by atoms with Crippen LogP contribution in [-0.2, 0) is 11.2 Å². The van der Waals surface area contributed by atoms with Crippen LogP contribution in [0.4, 0.5) is 11.4 Å². The van der Waals surface area contributed by atoms with E-state index in [1.54, 1.807) is 0 Å². The van der Waals surface area contributed by atoms with Gasteiger partial charge in [0.2, 0.25) is 5.91 Å². The molecule has 150 valence electrons. The zero-order valence-electron chi connectivity index (χ0n) is 17.1. The molecule has 0 radical (unpaired) electrons. The first-order valence-electron chi connectivity index (χ1n) is 10.1. The fourth-order valence-electron chi connectivity index (χ4n) is 3.87. The van der Waals surface area contributed by atoms with Gasteiger partial charge < -0.3 is 14.7 Å². The normalized spacial score (nSPS) is 14.3. The summed E-state index contributed by atoms with van der Waals surface area (Å²) in [6, 6.07) is 14.3. The molecule has 0 bridgehead atoms. The predicted octanol–water partition coefficient (Wildman–Crippen LogP) is 4.39. The van der Waals surface area contributed by atoms with E-state index in [2.05, 4.69) is 48.8 Å². The zero-order chi connectivity index (χ0) is 20.1. The van der Waals surface area contributed by atoms with Gasteiger partial charge in [0.15, 0.2) is 0 Å². The fraction of sp³-hybridized carbons (Fsp3) is 0.435. The number of amides is 1. The Morgan fingerprint density at radius 1 is 1.00 bits per heavy atom. The summed E-state index contributed by atoms with van der Waals surface area (Å²) in [6.07, 6.45) is 0.439. The van der Waals surface area contributed by atoms with Crippen LogP contribution in [0.5, 0.6) is 0 Å². The molecular weight excluding hydrogens is 370 g/mol. The lowest BCUT2D eigenvalue weighted by molar-refractivity contribution is -0.130. The highest BCUT2D eigenvalue weighted by Crippen LogP contribution is 2.26. The number of piperazine rings is 1. The molecule has 1 fully saturated rings. The largest absolute Gasteiger partial charge is 0.372 e. The van der Waals surface area contributed by atoms with Crippen LogP contribution < -0.4 is 9.80 Å². The number of hydrogen-bond donors (Lipinski definition) is 0. The number of carbonyl (C=O) groups is 1. The van der Waals surface area contributed by atoms with E-state index < -0.39 is 0 Å². The Labute approximate surface area is 173 Å². The van der Waals surface area contributed by atoms with E-state index in [0.717, 1.165) is 44.8 Å². The van der Waals surface area contributed by atoms with Gasteiger partial charge in [0.1, 0.15) is 0 Å². The Kier molecular flexibility index (Phi) is 6.84. The van der Waals surface area contributed by atoms with Gasteiger partial charge in [-0.15, -0.1) is 0 Å². The average molecular weight is 400 g/mol. The summed E-state index contributed by atoms with van der Waals surface area (Å²) in [5.74, 6) is 0.190. The molecular formula is C23H30ClN3O. The molecule has 5 heteroatoms. The fourth-order valence-corrected chi connectivity index (χ4v) is 3.99. The lowest BCUT2D eigenvalue weighted by Gasteiger charge is -2.37. The topological polar surface area (TPSA) is 26.8 Å². The van der Waals surface area contributed by atoms with Crippen LogP contribution in [0.15, 0.2) is 42.5 Å². The van der Waals surface area contributed by atoms with E-state index in [4.69, 9.17) is 11.6 Å². The van der Waals surface area contributed by atoms with Gasteiger partial charge in [-0.1, -0.05) is 23.7 Å². The Morgan fingerprint density at radius 3 is 2.21 bits per heavy atom. The Morgan fingerprint density at radius 2 is 1.64 bits per heavy atom. The van der Waals surface area contributed by atoms with Gasteiger partial charge in [0.25, 0.3) is 0 Å². The molecule has 0 spiro atoms. The van der Waals surface area contributed by atoms with E-state index in [-0.39, 0.29) is 5.91 Å². The molecule has 0 saturated carbocycles. The molecule has 0 aromatic heterocycles. The van der Waals surface area contributed by atoms with Gasteiger partial charge in [0.05, 0.1) is 6.42 Å². The van der Waals surface area contributed by atoms with Crippen molar-refractivity contribution in [1.29, 1.82) is 0 Å². The second-order valence-electron chi connectivity index (χ2n) is 7.31. The van der Waals surface area contributed by atoms with Gasteiger partial charge >= 0.3 is 0 Å². The quantitative estimate of drug-likeness (QED) is 0.720. The van der Waals surface area contributed by atoms with Crippen molar-refractivity contribution in [3.63, 3.8) is 0 Å². The third-order valence-corrected chi connectivity index (χ3v) is 5.80. The Hall–Kier alpha value is -2.20. The smallest absolute Gasteiger partial charge is 0.227 e. The molecule has 1 aliphatic heterocycles. The SMILES string of the molecule is CCN(CC)c1ccc(N2CCN(C(=O)Cc3ccc(Cl)cc3)CC2)c(C)c1. The van der Waals surface area contributed by atoms with Crippen LogP contribution in [0, 0.1) is 6.92 Å². The molecule has 1 amide bonds. The van der Waals surface area contributed by atoms with E-state index in [0.29, 0.717) is 11.4 Å². The molecule has 28 heavy (non-hydrogen) atoms. The number of benzene rings is 2. The number of anilines is 2. The lowest BCUT2D eigenvalue weighted by Crippen LogP contribution is -2.49. The summed E-state index contributed by atoms with van der Waals surface area (Å²) in [6.45, 7) is 11.9. The van der Waals surface area contributed by atoms with E-state index >= 15 is 0 Å². The first-order chi connectivity index (χ1) is 13.5. The van der Waals surface area contributed by atoms with Crippen LogP contribution in [0.2, 0.25) is 5.02 Å². The molecule has 4 nitrogen and oxygen atoms in total. The number of hydrogen-bond acceptors (Lipinski definition) is 3. The molecule has 2 aromatic carbocycles. The maximum absolute atomic E-state index is 12.6. The molecule has 0 aliphatic carbocycles. The summed E-state index contributed by atoms with van der Waals surface area (Å²) in [7, 11) is 0. The van der Waals surface area contributed by atoms with Gasteiger partial charge in [-0.2, -0.15) is 0 Å². The van der Waals surface area contributed by atoms with Crippen molar-refractivity contribution in [3.05, 3.63) is 58.6 Å². The first kappa shape index (κ1) is 20.5. The van der Waals surface area contributed by atoms with Crippen LogP contribution in [0.25, 0.3) is 0 Å². The standard InChI is InChI=1S/C23H30ClN3O/c1-4-25(5-2)21-10-11-22(18(3)16-21)26-12-14-27(15-13-26)23(28)17-19-6-8-20(24)9-7-19/h6-11,16H,4-5,12-15,17H2,1-3H3. The van der Waals surface area contributed by atoms with Crippen LogP contribution in [-0.4, -0.2) is 50.1 Å². The van der Waals surface area contributed by atoms with Crippen molar-refractivity contribution in [2.75, 3.05) is 49.1 Å². The molecule has 2 aromatic rings. The second-order valence-corrected chi connectivity index (χ2v) is 7.75. The van der Waals surface area contributed by atoms with Gasteiger partial charge in [0, 0.05) is 55.7 Å². The highest BCUT2D eigenvalue weighted by molar-refractivity contribution is 6.30. The van der Waals surface area contributed by atoms with Gasteiger partial charge in [-0.3, -0.25) is 4.79 Å². The zero-order valence-corrected chi connectivity index (χ0v) is 17.9. The molecule has 3 rings (SSSR count). The third kappa shape index (κ3) is 4.79. The Bertz CT molecular complexity index is 794. The summed E-state index contributed by atoms with van der Waals surface area (Å²) >= 11 is 5.92. The van der Waals surface area contributed by atoms with Crippen LogP contribution in [0.3, 0.4) is 0 Å². The highest BCUT2D eigenvalue weighted by atomic mass is 35.5. The molecule has 1 saturated heterocycles. The van der Waals surface area contributed by atoms with E-state index in [9.17, 15) is 4.79 Å². The summed E-state index contributed by atoms with van der Waals surface area (Å²) < 4.78 is 0. The van der Waals surface area contributed by atoms with Crippen molar-refractivity contribution < 1.29 is 4.79 Å². The van der Waals surface area contributed by atoms with Crippen LogP contribution in [0.1, 0.15) is 25.0 Å². The van der Waals surface area contributed by atoms with Gasteiger partial charge in [-0.25, -0.2) is 0 Å². The van der Waals surface area contributed by atoms with Crippen molar-refractivity contribution in [1.82, 2.24) is 4.90 Å². The van der Waals surface area contributed by atoms with Crippen molar-refractivity contribution in [2.45, 2.75) is 27.2 Å². The van der Waals surface area contributed by atoms with Crippen molar-refractivity contribution >= 4 is 28.9 Å². The minimum atomic E-state index is 0.190. The van der Waals surface area contributed by atoms with Crippen molar-refractivity contribution in [2.24, 2.45) is 0 Å². The minimum absolute atomic E-state index is 0.190. The maximum Gasteiger partial charge on any atom is 0.227 e. The highest BCUT2D eigenvalue weighted by Gasteiger charge is 2.22. The number of rotatable bonds is 6. The van der Waals surface area contributed by atoms with Crippen molar-refractivity contribution in [3.8, 4) is 0 Å². The predicted molar refractivity (Wildman–Crippen MR) is 119 cm³/mol.